The van der Waals surface area contributed by atoms with E-state index in [4.69, 9.17) is 16.3 Å². The fraction of sp³-hybridized carbons (Fsp3) is 0.286. The summed E-state index contributed by atoms with van der Waals surface area (Å²) in [5, 5.41) is 11.6. The fourth-order valence-electron chi connectivity index (χ4n) is 1.90. The predicted molar refractivity (Wildman–Crippen MR) is 67.6 cm³/mol. The number of ether oxygens (including phenoxy) is 1. The molecule has 2 rings (SSSR count). The van der Waals surface area contributed by atoms with Crippen LogP contribution in [0.3, 0.4) is 0 Å². The minimum absolute atomic E-state index is 0.281. The SMILES string of the molecule is C#Cc1ccc(C(=O)O[C@H]2CN[C@H](C(=O)O)C2)cc1. The van der Waals surface area contributed by atoms with Crippen LogP contribution in [-0.4, -0.2) is 35.7 Å². The van der Waals surface area contributed by atoms with Crippen LogP contribution in [0.5, 0.6) is 0 Å². The number of hydrogen-bond donors (Lipinski definition) is 2. The quantitative estimate of drug-likeness (QED) is 0.615. The second-order valence-electron chi connectivity index (χ2n) is 4.28. The van der Waals surface area contributed by atoms with Gasteiger partial charge in [-0.3, -0.25) is 4.79 Å². The Balaban J connectivity index is 1.94. The molecule has 1 aromatic carbocycles. The molecule has 0 saturated carbocycles. The lowest BCUT2D eigenvalue weighted by atomic mass is 10.1. The molecule has 2 atom stereocenters. The van der Waals surface area contributed by atoms with Crippen molar-refractivity contribution < 1.29 is 19.4 Å². The first kappa shape index (κ1) is 13.1. The molecule has 0 aliphatic carbocycles. The van der Waals surface area contributed by atoms with Crippen LogP contribution in [-0.2, 0) is 9.53 Å². The molecule has 1 aliphatic heterocycles. The highest BCUT2D eigenvalue weighted by Crippen LogP contribution is 2.13. The summed E-state index contributed by atoms with van der Waals surface area (Å²) in [6.45, 7) is 0.352. The van der Waals surface area contributed by atoms with E-state index >= 15 is 0 Å². The van der Waals surface area contributed by atoms with Gasteiger partial charge in [0.15, 0.2) is 0 Å². The summed E-state index contributed by atoms with van der Waals surface area (Å²) < 4.78 is 5.23. The maximum atomic E-state index is 11.8. The summed E-state index contributed by atoms with van der Waals surface area (Å²) in [7, 11) is 0. The first-order valence-corrected chi connectivity index (χ1v) is 5.84. The number of esters is 1. The van der Waals surface area contributed by atoms with Gasteiger partial charge in [0.2, 0.25) is 0 Å². The monoisotopic (exact) mass is 259 g/mol. The third-order valence-electron chi connectivity index (χ3n) is 2.95. The Bertz CT molecular complexity index is 529. The van der Waals surface area contributed by atoms with Crippen LogP contribution in [0.25, 0.3) is 0 Å². The minimum Gasteiger partial charge on any atom is -0.480 e. The summed E-state index contributed by atoms with van der Waals surface area (Å²) in [5.74, 6) is 1.05. The highest BCUT2D eigenvalue weighted by atomic mass is 16.5. The molecule has 0 radical (unpaired) electrons. The maximum Gasteiger partial charge on any atom is 0.338 e. The van der Waals surface area contributed by atoms with Crippen LogP contribution < -0.4 is 5.32 Å². The summed E-state index contributed by atoms with van der Waals surface area (Å²) in [6.07, 6.45) is 5.09. The van der Waals surface area contributed by atoms with Gasteiger partial charge >= 0.3 is 11.9 Å². The normalized spacial score (nSPS) is 21.6. The lowest BCUT2D eigenvalue weighted by Gasteiger charge is -2.10. The largest absolute Gasteiger partial charge is 0.480 e. The van der Waals surface area contributed by atoms with Crippen molar-refractivity contribution in [3.05, 3.63) is 35.4 Å². The lowest BCUT2D eigenvalue weighted by molar-refractivity contribution is -0.139. The number of terminal acetylenes is 1. The summed E-state index contributed by atoms with van der Waals surface area (Å²) in [5.41, 5.74) is 1.09. The van der Waals surface area contributed by atoms with Gasteiger partial charge in [-0.05, 0) is 24.3 Å². The van der Waals surface area contributed by atoms with Gasteiger partial charge in [-0.25, -0.2) is 4.79 Å². The zero-order chi connectivity index (χ0) is 13.8. The summed E-state index contributed by atoms with van der Waals surface area (Å²) in [6, 6.07) is 5.85. The van der Waals surface area contributed by atoms with E-state index in [0.717, 1.165) is 0 Å². The van der Waals surface area contributed by atoms with Crippen molar-refractivity contribution in [3.63, 3.8) is 0 Å². The Hall–Kier alpha value is -2.32. The van der Waals surface area contributed by atoms with E-state index < -0.39 is 24.1 Å². The van der Waals surface area contributed by atoms with Crippen molar-refractivity contribution in [2.45, 2.75) is 18.6 Å². The molecule has 1 heterocycles. The molecule has 1 aromatic rings. The highest BCUT2D eigenvalue weighted by Gasteiger charge is 2.31. The molecule has 1 aliphatic rings. The minimum atomic E-state index is -0.933. The first-order valence-electron chi connectivity index (χ1n) is 5.84. The van der Waals surface area contributed by atoms with Crippen molar-refractivity contribution in [2.24, 2.45) is 0 Å². The average Bonchev–Trinajstić information content (AvgIpc) is 2.87. The zero-order valence-electron chi connectivity index (χ0n) is 10.1. The first-order chi connectivity index (χ1) is 9.10. The van der Waals surface area contributed by atoms with Crippen molar-refractivity contribution in [1.82, 2.24) is 5.32 Å². The standard InChI is InChI=1S/C14H13NO4/c1-2-9-3-5-10(6-4-9)14(18)19-11-7-12(13(16)17)15-8-11/h1,3-6,11-12,15H,7-8H2,(H,16,17)/t11-,12+/m1/s1. The molecule has 1 fully saturated rings. The van der Waals surface area contributed by atoms with Gasteiger partial charge < -0.3 is 15.2 Å². The number of rotatable bonds is 3. The topological polar surface area (TPSA) is 75.6 Å². The molecule has 0 amide bonds. The molecular formula is C14H13NO4. The summed E-state index contributed by atoms with van der Waals surface area (Å²) >= 11 is 0. The molecule has 0 spiro atoms. The summed E-state index contributed by atoms with van der Waals surface area (Å²) in [4.78, 5) is 22.6. The van der Waals surface area contributed by atoms with Gasteiger partial charge in [0.05, 0.1) is 5.56 Å². The maximum absolute atomic E-state index is 11.8. The Kier molecular flexibility index (Phi) is 3.83. The number of hydrogen-bond acceptors (Lipinski definition) is 4. The Labute approximate surface area is 110 Å². The molecule has 0 unspecified atom stereocenters. The van der Waals surface area contributed by atoms with Gasteiger partial charge in [0.1, 0.15) is 12.1 Å². The Morgan fingerprint density at radius 3 is 2.58 bits per heavy atom. The van der Waals surface area contributed by atoms with E-state index in [9.17, 15) is 9.59 Å². The van der Waals surface area contributed by atoms with E-state index in [-0.39, 0.29) is 6.42 Å². The van der Waals surface area contributed by atoms with Crippen LogP contribution in [0.4, 0.5) is 0 Å². The number of carboxylic acids is 1. The van der Waals surface area contributed by atoms with E-state index in [2.05, 4.69) is 11.2 Å². The van der Waals surface area contributed by atoms with E-state index in [0.29, 0.717) is 17.7 Å². The van der Waals surface area contributed by atoms with Crippen molar-refractivity contribution in [1.29, 1.82) is 0 Å². The molecular weight excluding hydrogens is 246 g/mol. The molecule has 0 bridgehead atoms. The number of aliphatic carboxylic acids is 1. The second-order valence-corrected chi connectivity index (χ2v) is 4.28. The number of nitrogens with one attached hydrogen (secondary N) is 1. The number of carboxylic acid groups (broad SMARTS) is 1. The number of benzene rings is 1. The third kappa shape index (κ3) is 3.12. The smallest absolute Gasteiger partial charge is 0.338 e. The third-order valence-corrected chi connectivity index (χ3v) is 2.95. The number of carbonyl (C=O) groups is 2. The molecule has 5 heteroatoms. The second kappa shape index (κ2) is 5.55. The van der Waals surface area contributed by atoms with Gasteiger partial charge in [0.25, 0.3) is 0 Å². The molecule has 19 heavy (non-hydrogen) atoms. The van der Waals surface area contributed by atoms with Crippen LogP contribution >= 0.6 is 0 Å². The van der Waals surface area contributed by atoms with Crippen molar-refractivity contribution in [3.8, 4) is 12.3 Å². The van der Waals surface area contributed by atoms with E-state index in [1.54, 1.807) is 24.3 Å². The molecule has 2 N–H and O–H groups in total. The Morgan fingerprint density at radius 2 is 2.05 bits per heavy atom. The average molecular weight is 259 g/mol. The predicted octanol–water partition coefficient (Wildman–Crippen LogP) is 0.640. The highest BCUT2D eigenvalue weighted by molar-refractivity contribution is 5.89. The van der Waals surface area contributed by atoms with Gasteiger partial charge in [-0.1, -0.05) is 5.92 Å². The van der Waals surface area contributed by atoms with Crippen molar-refractivity contribution in [2.75, 3.05) is 6.54 Å². The van der Waals surface area contributed by atoms with Gasteiger partial charge in [0, 0.05) is 18.5 Å². The van der Waals surface area contributed by atoms with Crippen LogP contribution in [0.1, 0.15) is 22.3 Å². The van der Waals surface area contributed by atoms with Gasteiger partial charge in [-0.15, -0.1) is 6.42 Å². The molecule has 5 nitrogen and oxygen atoms in total. The molecule has 0 aromatic heterocycles. The van der Waals surface area contributed by atoms with Gasteiger partial charge in [-0.2, -0.15) is 0 Å². The molecule has 98 valence electrons. The van der Waals surface area contributed by atoms with Crippen LogP contribution in [0.15, 0.2) is 24.3 Å². The zero-order valence-corrected chi connectivity index (χ0v) is 10.1. The molecule has 1 saturated heterocycles. The lowest BCUT2D eigenvalue weighted by Crippen LogP contribution is -2.30. The van der Waals surface area contributed by atoms with Crippen LogP contribution in [0, 0.1) is 12.3 Å². The number of carbonyl (C=O) groups excluding carboxylic acids is 1. The fourth-order valence-corrected chi connectivity index (χ4v) is 1.90. The van der Waals surface area contributed by atoms with Crippen LogP contribution in [0.2, 0.25) is 0 Å². The van der Waals surface area contributed by atoms with E-state index in [1.165, 1.54) is 0 Å². The van der Waals surface area contributed by atoms with E-state index in [1.807, 2.05) is 0 Å². The Morgan fingerprint density at radius 1 is 1.37 bits per heavy atom. The van der Waals surface area contributed by atoms with Crippen molar-refractivity contribution >= 4 is 11.9 Å².